The van der Waals surface area contributed by atoms with Crippen LogP contribution in [0.15, 0.2) is 29.8 Å². The van der Waals surface area contributed by atoms with Gasteiger partial charge in [-0.15, -0.1) is 0 Å². The molecule has 0 amide bonds. The average molecular weight is 169 g/mol. The lowest BCUT2D eigenvalue weighted by Gasteiger charge is -2.08. The Morgan fingerprint density at radius 2 is 2.27 bits per heavy atom. The number of nitrogens with zero attached hydrogens (tertiary/aromatic N) is 1. The molecular formula is C9H15NS. The molecular weight excluding hydrogens is 154 g/mol. The minimum Gasteiger partial charge on any atom is -0.254 e. The maximum atomic E-state index is 4.16. The summed E-state index contributed by atoms with van der Waals surface area (Å²) in [6, 6.07) is 0. The number of aliphatic imine (C=N–C) groups is 1. The maximum absolute atomic E-state index is 4.16. The van der Waals surface area contributed by atoms with Gasteiger partial charge in [0.1, 0.15) is 0 Å². The predicted molar refractivity (Wildman–Crippen MR) is 54.9 cm³/mol. The fraction of sp³-hybridized carbons (Fsp3) is 0.444. The first-order chi connectivity index (χ1) is 5.26. The highest BCUT2D eigenvalue weighted by atomic mass is 32.2. The summed E-state index contributed by atoms with van der Waals surface area (Å²) in [5.41, 5.74) is 0. The molecule has 1 unspecified atom stereocenters. The molecule has 0 aliphatic rings. The Balaban J connectivity index is 4.19. The van der Waals surface area contributed by atoms with Gasteiger partial charge in [-0.05, 0) is 11.8 Å². The Bertz CT molecular complexity index is 161. The molecule has 0 saturated carbocycles. The van der Waals surface area contributed by atoms with Crippen LogP contribution in [0.1, 0.15) is 20.3 Å². The van der Waals surface area contributed by atoms with Crippen LogP contribution in [0, 0.1) is 5.92 Å². The summed E-state index contributed by atoms with van der Waals surface area (Å²) in [6.45, 7) is 11.5. The van der Waals surface area contributed by atoms with E-state index in [0.29, 0.717) is 5.92 Å². The summed E-state index contributed by atoms with van der Waals surface area (Å²) in [7, 11) is 0. The summed E-state index contributed by atoms with van der Waals surface area (Å²) < 4.78 is 0. The van der Waals surface area contributed by atoms with Crippen LogP contribution in [-0.2, 0) is 0 Å². The number of rotatable bonds is 4. The molecule has 0 aromatic heterocycles. The van der Waals surface area contributed by atoms with Crippen LogP contribution >= 0.6 is 11.8 Å². The van der Waals surface area contributed by atoms with Gasteiger partial charge in [0.2, 0.25) is 0 Å². The third-order valence-electron chi connectivity index (χ3n) is 1.46. The Kier molecular flexibility index (Phi) is 5.94. The van der Waals surface area contributed by atoms with Gasteiger partial charge >= 0.3 is 0 Å². The van der Waals surface area contributed by atoms with Crippen molar-refractivity contribution in [2.45, 2.75) is 20.3 Å². The fourth-order valence-corrected chi connectivity index (χ4v) is 1.33. The molecule has 11 heavy (non-hydrogen) atoms. The first-order valence-electron chi connectivity index (χ1n) is 3.72. The molecule has 0 bridgehead atoms. The highest BCUT2D eigenvalue weighted by Crippen LogP contribution is 2.16. The molecule has 0 N–H and O–H groups in total. The van der Waals surface area contributed by atoms with Gasteiger partial charge in [-0.3, -0.25) is 4.99 Å². The van der Waals surface area contributed by atoms with E-state index in [1.165, 1.54) is 0 Å². The van der Waals surface area contributed by atoms with Crippen LogP contribution in [0.4, 0.5) is 0 Å². The SMILES string of the molecule is C=CN=C(SC=C)C(C)CC. The predicted octanol–water partition coefficient (Wildman–Crippen LogP) is 3.45. The average Bonchev–Trinajstić information content (AvgIpc) is 2.03. The first-order valence-corrected chi connectivity index (χ1v) is 4.60. The fourth-order valence-electron chi connectivity index (χ4n) is 0.624. The summed E-state index contributed by atoms with van der Waals surface area (Å²) in [5, 5.41) is 2.90. The van der Waals surface area contributed by atoms with E-state index in [1.54, 1.807) is 23.4 Å². The maximum Gasteiger partial charge on any atom is 0.0800 e. The molecule has 0 radical (unpaired) electrons. The van der Waals surface area contributed by atoms with Crippen molar-refractivity contribution in [1.29, 1.82) is 0 Å². The third-order valence-corrected chi connectivity index (χ3v) is 2.37. The van der Waals surface area contributed by atoms with Crippen molar-refractivity contribution in [3.05, 3.63) is 24.8 Å². The van der Waals surface area contributed by atoms with Crippen LogP contribution in [0.2, 0.25) is 0 Å². The van der Waals surface area contributed by atoms with E-state index in [2.05, 4.69) is 32.0 Å². The molecule has 0 aliphatic carbocycles. The van der Waals surface area contributed by atoms with E-state index in [0.717, 1.165) is 11.5 Å². The monoisotopic (exact) mass is 169 g/mol. The van der Waals surface area contributed by atoms with Gasteiger partial charge in [-0.2, -0.15) is 0 Å². The van der Waals surface area contributed by atoms with Gasteiger partial charge in [0, 0.05) is 12.1 Å². The molecule has 1 atom stereocenters. The van der Waals surface area contributed by atoms with Crippen molar-refractivity contribution in [1.82, 2.24) is 0 Å². The van der Waals surface area contributed by atoms with Gasteiger partial charge in [-0.1, -0.05) is 38.8 Å². The van der Waals surface area contributed by atoms with E-state index in [4.69, 9.17) is 0 Å². The number of hydrogen-bond donors (Lipinski definition) is 0. The summed E-state index contributed by atoms with van der Waals surface area (Å²) >= 11 is 1.58. The second kappa shape index (κ2) is 6.23. The van der Waals surface area contributed by atoms with Crippen LogP contribution in [0.3, 0.4) is 0 Å². The summed E-state index contributed by atoms with van der Waals surface area (Å²) in [4.78, 5) is 4.16. The minimum atomic E-state index is 0.510. The van der Waals surface area contributed by atoms with Gasteiger partial charge in [0.05, 0.1) is 5.04 Å². The zero-order valence-corrected chi connectivity index (χ0v) is 8.03. The van der Waals surface area contributed by atoms with E-state index >= 15 is 0 Å². The van der Waals surface area contributed by atoms with Gasteiger partial charge in [0.15, 0.2) is 0 Å². The normalized spacial score (nSPS) is 14.2. The second-order valence-corrected chi connectivity index (χ2v) is 3.23. The summed E-state index contributed by atoms with van der Waals surface area (Å²) in [6.07, 6.45) is 2.69. The Hall–Kier alpha value is -0.500. The standard InChI is InChI=1S/C9H15NS/c1-5-8(4)9(10-6-2)11-7-3/h6-8H,2-3,5H2,1,4H3. The van der Waals surface area contributed by atoms with Gasteiger partial charge in [-0.25, -0.2) is 0 Å². The molecule has 0 aliphatic heterocycles. The quantitative estimate of drug-likeness (QED) is 0.464. The van der Waals surface area contributed by atoms with Gasteiger partial charge in [0.25, 0.3) is 0 Å². The minimum absolute atomic E-state index is 0.510. The zero-order chi connectivity index (χ0) is 8.69. The highest BCUT2D eigenvalue weighted by Gasteiger charge is 2.05. The number of thioether (sulfide) groups is 1. The van der Waals surface area contributed by atoms with Gasteiger partial charge < -0.3 is 0 Å². The molecule has 1 nitrogen and oxygen atoms in total. The molecule has 0 rings (SSSR count). The topological polar surface area (TPSA) is 12.4 Å². The van der Waals surface area contributed by atoms with E-state index in [-0.39, 0.29) is 0 Å². The first kappa shape index (κ1) is 10.5. The summed E-state index contributed by atoms with van der Waals surface area (Å²) in [5.74, 6) is 0.510. The molecule has 0 aromatic rings. The zero-order valence-electron chi connectivity index (χ0n) is 7.21. The number of hydrogen-bond acceptors (Lipinski definition) is 2. The molecule has 0 heterocycles. The largest absolute Gasteiger partial charge is 0.254 e. The van der Waals surface area contributed by atoms with Crippen molar-refractivity contribution in [3.8, 4) is 0 Å². The Morgan fingerprint density at radius 1 is 1.64 bits per heavy atom. The van der Waals surface area contributed by atoms with Crippen molar-refractivity contribution in [2.75, 3.05) is 0 Å². The van der Waals surface area contributed by atoms with Crippen LogP contribution in [-0.4, -0.2) is 5.04 Å². The lowest BCUT2D eigenvalue weighted by atomic mass is 10.1. The van der Waals surface area contributed by atoms with E-state index < -0.39 is 0 Å². The smallest absolute Gasteiger partial charge is 0.0800 e. The highest BCUT2D eigenvalue weighted by molar-refractivity contribution is 8.16. The molecule has 0 aromatic carbocycles. The lowest BCUT2D eigenvalue weighted by Crippen LogP contribution is -2.03. The molecule has 0 saturated heterocycles. The third kappa shape index (κ3) is 4.04. The second-order valence-electron chi connectivity index (χ2n) is 2.24. The van der Waals surface area contributed by atoms with Crippen LogP contribution < -0.4 is 0 Å². The van der Waals surface area contributed by atoms with E-state index in [1.807, 2.05) is 0 Å². The van der Waals surface area contributed by atoms with E-state index in [9.17, 15) is 0 Å². The van der Waals surface area contributed by atoms with Crippen LogP contribution in [0.5, 0.6) is 0 Å². The van der Waals surface area contributed by atoms with Crippen LogP contribution in [0.25, 0.3) is 0 Å². The molecule has 2 heteroatoms. The van der Waals surface area contributed by atoms with Crippen molar-refractivity contribution in [2.24, 2.45) is 10.9 Å². The van der Waals surface area contributed by atoms with Crippen molar-refractivity contribution in [3.63, 3.8) is 0 Å². The molecule has 62 valence electrons. The Morgan fingerprint density at radius 3 is 2.64 bits per heavy atom. The lowest BCUT2D eigenvalue weighted by molar-refractivity contribution is 0.750. The molecule has 0 fully saturated rings. The van der Waals surface area contributed by atoms with Crippen molar-refractivity contribution < 1.29 is 0 Å². The Labute approximate surface area is 73.3 Å². The van der Waals surface area contributed by atoms with Crippen molar-refractivity contribution >= 4 is 16.8 Å². The molecule has 0 spiro atoms.